The standard InChI is InChI=1S/C6H11Br2O3S/c7-6(8)4-2-1-3-5-12(9,10)11/h6H,1-5H2. The lowest BCUT2D eigenvalue weighted by molar-refractivity contribution is 0.412. The lowest BCUT2D eigenvalue weighted by Crippen LogP contribution is -2.01. The minimum atomic E-state index is -4.00. The molecule has 0 amide bonds. The van der Waals surface area contributed by atoms with E-state index in [1.165, 1.54) is 0 Å². The second-order valence-electron chi connectivity index (χ2n) is 2.50. The summed E-state index contributed by atoms with van der Waals surface area (Å²) < 4.78 is 30.7. The van der Waals surface area contributed by atoms with Crippen molar-refractivity contribution < 1.29 is 13.0 Å². The van der Waals surface area contributed by atoms with Gasteiger partial charge in [0.15, 0.2) is 0 Å². The molecule has 0 aromatic rings. The van der Waals surface area contributed by atoms with Crippen molar-refractivity contribution in [1.82, 2.24) is 0 Å². The molecule has 0 aromatic carbocycles. The Labute approximate surface area is 89.9 Å². The van der Waals surface area contributed by atoms with Crippen LogP contribution >= 0.6 is 31.9 Å². The summed E-state index contributed by atoms with van der Waals surface area (Å²) in [6.45, 7) is 0. The van der Waals surface area contributed by atoms with Crippen molar-refractivity contribution in [2.75, 3.05) is 5.75 Å². The first kappa shape index (κ1) is 12.9. The number of halogens is 2. The minimum Gasteiger partial charge on any atom is -0.197 e. The van der Waals surface area contributed by atoms with Crippen LogP contribution < -0.4 is 0 Å². The van der Waals surface area contributed by atoms with Crippen molar-refractivity contribution in [1.29, 1.82) is 0 Å². The van der Waals surface area contributed by atoms with Crippen LogP contribution in [0.1, 0.15) is 25.7 Å². The summed E-state index contributed by atoms with van der Waals surface area (Å²) in [7, 11) is -4.00. The van der Waals surface area contributed by atoms with Crippen LogP contribution in [-0.4, -0.2) is 17.9 Å². The summed E-state index contributed by atoms with van der Waals surface area (Å²) >= 11 is 6.61. The zero-order chi connectivity index (χ0) is 9.61. The monoisotopic (exact) mass is 321 g/mol. The summed E-state index contributed by atoms with van der Waals surface area (Å²) in [4.78, 5) is 0. The highest BCUT2D eigenvalue weighted by molar-refractivity contribution is 9.24. The van der Waals surface area contributed by atoms with Gasteiger partial charge in [0.1, 0.15) is 0 Å². The van der Waals surface area contributed by atoms with Gasteiger partial charge >= 0.3 is 0 Å². The molecule has 0 rings (SSSR count). The molecule has 0 saturated carbocycles. The van der Waals surface area contributed by atoms with Crippen LogP contribution in [0, 0.1) is 0 Å². The van der Waals surface area contributed by atoms with Crippen LogP contribution in [-0.2, 0) is 14.7 Å². The van der Waals surface area contributed by atoms with Gasteiger partial charge in [-0.2, -0.15) is 8.42 Å². The maximum absolute atomic E-state index is 10.2. The second kappa shape index (κ2) is 6.34. The van der Waals surface area contributed by atoms with Crippen molar-refractivity contribution in [2.45, 2.75) is 29.4 Å². The van der Waals surface area contributed by atoms with E-state index in [1.54, 1.807) is 0 Å². The molecule has 0 fully saturated rings. The first-order valence-corrected chi connectivity index (χ1v) is 7.04. The summed E-state index contributed by atoms with van der Waals surface area (Å²) in [6, 6.07) is 0. The fourth-order valence-corrected chi connectivity index (χ4v) is 1.96. The molecule has 0 aliphatic carbocycles. The van der Waals surface area contributed by atoms with E-state index in [0.717, 1.165) is 19.3 Å². The van der Waals surface area contributed by atoms with E-state index in [2.05, 4.69) is 31.9 Å². The van der Waals surface area contributed by atoms with Crippen molar-refractivity contribution >= 4 is 42.0 Å². The van der Waals surface area contributed by atoms with Gasteiger partial charge in [-0.1, -0.05) is 49.3 Å². The Hall–Kier alpha value is 0.870. The van der Waals surface area contributed by atoms with Crippen molar-refractivity contribution in [2.24, 2.45) is 0 Å². The molecule has 1 radical (unpaired) electrons. The van der Waals surface area contributed by atoms with Crippen LogP contribution in [0.4, 0.5) is 0 Å². The Balaban J connectivity index is 3.23. The molecule has 0 aliphatic rings. The highest BCUT2D eigenvalue weighted by atomic mass is 79.9. The van der Waals surface area contributed by atoms with E-state index in [0.29, 0.717) is 6.42 Å². The normalized spacial score (nSPS) is 12.3. The molecule has 0 saturated heterocycles. The summed E-state index contributed by atoms with van der Waals surface area (Å²) in [6.07, 6.45) is 3.13. The molecule has 12 heavy (non-hydrogen) atoms. The van der Waals surface area contributed by atoms with Crippen molar-refractivity contribution in [3.63, 3.8) is 0 Å². The maximum Gasteiger partial charge on any atom is 0.294 e. The van der Waals surface area contributed by atoms with Crippen LogP contribution in [0.3, 0.4) is 0 Å². The highest BCUT2D eigenvalue weighted by Gasteiger charge is 2.05. The fourth-order valence-electron chi connectivity index (χ4n) is 0.754. The molecule has 0 atom stereocenters. The molecule has 0 heterocycles. The predicted molar refractivity (Wildman–Crippen MR) is 54.6 cm³/mol. The summed E-state index contributed by atoms with van der Waals surface area (Å²) in [5.74, 6) is -0.234. The van der Waals surface area contributed by atoms with E-state index >= 15 is 0 Å². The topological polar surface area (TPSA) is 54.0 Å². The Kier molecular flexibility index (Phi) is 6.80. The SMILES string of the molecule is [O]S(=O)(=O)CCCCCC(Br)Br. The molecule has 0 aliphatic heterocycles. The maximum atomic E-state index is 10.2. The molecule has 0 N–H and O–H groups in total. The molecule has 0 unspecified atom stereocenters. The predicted octanol–water partition coefficient (Wildman–Crippen LogP) is 2.42. The molecule has 0 aromatic heterocycles. The number of rotatable bonds is 6. The van der Waals surface area contributed by atoms with Gasteiger partial charge < -0.3 is 0 Å². The number of hydrogen-bond donors (Lipinski definition) is 0. The van der Waals surface area contributed by atoms with E-state index < -0.39 is 10.1 Å². The summed E-state index contributed by atoms with van der Waals surface area (Å²) in [5.41, 5.74) is 0. The Bertz CT molecular complexity index is 201. The third kappa shape index (κ3) is 10.9. The Morgan fingerprint density at radius 3 is 2.08 bits per heavy atom. The zero-order valence-corrected chi connectivity index (χ0v) is 10.5. The number of hydrogen-bond acceptors (Lipinski definition) is 2. The fraction of sp³-hybridized carbons (Fsp3) is 1.00. The number of alkyl halides is 2. The Morgan fingerprint density at radius 2 is 1.67 bits per heavy atom. The van der Waals surface area contributed by atoms with E-state index in [1.807, 2.05) is 0 Å². The average molecular weight is 323 g/mol. The van der Waals surface area contributed by atoms with E-state index in [-0.39, 0.29) is 9.49 Å². The molecule has 0 spiro atoms. The minimum absolute atomic E-state index is 0.234. The lowest BCUT2D eigenvalue weighted by Gasteiger charge is -1.99. The number of unbranched alkanes of at least 4 members (excludes halogenated alkanes) is 2. The van der Waals surface area contributed by atoms with Crippen molar-refractivity contribution in [3.8, 4) is 0 Å². The third-order valence-electron chi connectivity index (χ3n) is 1.32. The van der Waals surface area contributed by atoms with Gasteiger partial charge in [-0.3, -0.25) is 0 Å². The summed E-state index contributed by atoms with van der Waals surface area (Å²) in [5, 5.41) is 0. The molecule has 73 valence electrons. The van der Waals surface area contributed by atoms with Gasteiger partial charge in [0.25, 0.3) is 10.1 Å². The zero-order valence-electron chi connectivity index (χ0n) is 6.50. The van der Waals surface area contributed by atoms with Gasteiger partial charge in [0.2, 0.25) is 0 Å². The van der Waals surface area contributed by atoms with E-state index in [9.17, 15) is 13.0 Å². The Morgan fingerprint density at radius 1 is 1.08 bits per heavy atom. The van der Waals surface area contributed by atoms with Gasteiger partial charge in [-0.15, -0.1) is 0 Å². The lowest BCUT2D eigenvalue weighted by atomic mass is 10.2. The first-order chi connectivity index (χ1) is 5.42. The van der Waals surface area contributed by atoms with Crippen LogP contribution in [0.2, 0.25) is 0 Å². The molecular formula is C6H11Br2O3S. The second-order valence-corrected chi connectivity index (χ2v) is 7.47. The van der Waals surface area contributed by atoms with E-state index in [4.69, 9.17) is 0 Å². The quantitative estimate of drug-likeness (QED) is 0.557. The van der Waals surface area contributed by atoms with Crippen LogP contribution in [0.5, 0.6) is 0 Å². The van der Waals surface area contributed by atoms with Crippen LogP contribution in [0.25, 0.3) is 0 Å². The highest BCUT2D eigenvalue weighted by Crippen LogP contribution is 2.16. The molecule has 3 nitrogen and oxygen atoms in total. The molecule has 6 heteroatoms. The first-order valence-electron chi connectivity index (χ1n) is 3.63. The third-order valence-corrected chi connectivity index (χ3v) is 3.02. The molecule has 0 bridgehead atoms. The molecular weight excluding hydrogens is 312 g/mol. The van der Waals surface area contributed by atoms with Gasteiger partial charge in [-0.25, -0.2) is 0 Å². The van der Waals surface area contributed by atoms with Gasteiger partial charge in [0, 0.05) is 0 Å². The van der Waals surface area contributed by atoms with Crippen LogP contribution in [0.15, 0.2) is 0 Å². The van der Waals surface area contributed by atoms with Gasteiger partial charge in [-0.05, 0) is 12.8 Å². The largest absolute Gasteiger partial charge is 0.294 e. The smallest absolute Gasteiger partial charge is 0.197 e. The van der Waals surface area contributed by atoms with Crippen molar-refractivity contribution in [3.05, 3.63) is 0 Å². The average Bonchev–Trinajstić information content (AvgIpc) is 1.83. The van der Waals surface area contributed by atoms with Gasteiger partial charge in [0.05, 0.1) is 9.49 Å².